The Kier molecular flexibility index (Phi) is 6.20. The van der Waals surface area contributed by atoms with Gasteiger partial charge in [0, 0.05) is 6.42 Å². The van der Waals surface area contributed by atoms with Gasteiger partial charge in [0.05, 0.1) is 7.11 Å². The van der Waals surface area contributed by atoms with E-state index >= 15 is 0 Å². The van der Waals surface area contributed by atoms with E-state index in [2.05, 4.69) is 13.8 Å². The van der Waals surface area contributed by atoms with E-state index in [9.17, 15) is 4.79 Å². The molecule has 0 radical (unpaired) electrons. The van der Waals surface area contributed by atoms with E-state index in [-0.39, 0.29) is 5.78 Å². The lowest BCUT2D eigenvalue weighted by Crippen LogP contribution is -1.98. The van der Waals surface area contributed by atoms with Crippen LogP contribution < -0.4 is 4.74 Å². The van der Waals surface area contributed by atoms with Crippen molar-refractivity contribution in [1.82, 2.24) is 0 Å². The van der Waals surface area contributed by atoms with Crippen LogP contribution in [-0.4, -0.2) is 12.9 Å². The second-order valence-corrected chi connectivity index (χ2v) is 4.62. The van der Waals surface area contributed by atoms with Crippen LogP contribution in [0.15, 0.2) is 30.3 Å². The number of ketones is 1. The summed E-state index contributed by atoms with van der Waals surface area (Å²) in [6.45, 7) is 4.34. The van der Waals surface area contributed by atoms with Crippen molar-refractivity contribution in [2.75, 3.05) is 7.11 Å². The SMILES string of the molecule is CC[C@@H](C)CCC(=O)/C=C/c1ccc(OC)cc1. The van der Waals surface area contributed by atoms with Gasteiger partial charge in [-0.05, 0) is 36.1 Å². The maximum absolute atomic E-state index is 11.6. The number of carbonyl (C=O) groups excluding carboxylic acids is 1. The lowest BCUT2D eigenvalue weighted by atomic mass is 10.0. The number of ether oxygens (including phenoxy) is 1. The zero-order chi connectivity index (χ0) is 13.4. The average Bonchev–Trinajstić information content (AvgIpc) is 2.42. The molecular formula is C16H22O2. The number of rotatable bonds is 7. The van der Waals surface area contributed by atoms with Gasteiger partial charge < -0.3 is 4.74 Å². The zero-order valence-electron chi connectivity index (χ0n) is 11.5. The summed E-state index contributed by atoms with van der Waals surface area (Å²) in [5, 5.41) is 0. The summed E-state index contributed by atoms with van der Waals surface area (Å²) in [5.74, 6) is 1.66. The van der Waals surface area contributed by atoms with Crippen LogP contribution in [0.5, 0.6) is 5.75 Å². The molecule has 1 aromatic rings. The molecule has 1 rings (SSSR count). The number of hydrogen-bond donors (Lipinski definition) is 0. The molecule has 0 spiro atoms. The van der Waals surface area contributed by atoms with Gasteiger partial charge in [-0.1, -0.05) is 38.5 Å². The molecule has 0 saturated heterocycles. The first-order valence-corrected chi connectivity index (χ1v) is 6.50. The van der Waals surface area contributed by atoms with Crippen LogP contribution in [0.1, 0.15) is 38.7 Å². The number of carbonyl (C=O) groups is 1. The summed E-state index contributed by atoms with van der Waals surface area (Å²) in [5.41, 5.74) is 1.02. The van der Waals surface area contributed by atoms with Crippen LogP contribution in [0, 0.1) is 5.92 Å². The van der Waals surface area contributed by atoms with Gasteiger partial charge in [-0.15, -0.1) is 0 Å². The Morgan fingerprint density at radius 3 is 2.56 bits per heavy atom. The Balaban J connectivity index is 2.45. The summed E-state index contributed by atoms with van der Waals surface area (Å²) in [4.78, 5) is 11.6. The minimum atomic E-state index is 0.200. The van der Waals surface area contributed by atoms with Crippen molar-refractivity contribution in [3.05, 3.63) is 35.9 Å². The summed E-state index contributed by atoms with van der Waals surface area (Å²) in [6.07, 6.45) is 6.28. The Hall–Kier alpha value is -1.57. The van der Waals surface area contributed by atoms with Crippen molar-refractivity contribution in [1.29, 1.82) is 0 Å². The molecule has 18 heavy (non-hydrogen) atoms. The summed E-state index contributed by atoms with van der Waals surface area (Å²) in [7, 11) is 1.64. The summed E-state index contributed by atoms with van der Waals surface area (Å²) < 4.78 is 5.08. The fraction of sp³-hybridized carbons (Fsp3) is 0.438. The van der Waals surface area contributed by atoms with Crippen molar-refractivity contribution in [3.8, 4) is 5.75 Å². The molecular weight excluding hydrogens is 224 g/mol. The Labute approximate surface area is 110 Å². The topological polar surface area (TPSA) is 26.3 Å². The predicted octanol–water partition coefficient (Wildman–Crippen LogP) is 4.10. The van der Waals surface area contributed by atoms with Crippen molar-refractivity contribution < 1.29 is 9.53 Å². The Bertz CT molecular complexity index is 390. The maximum Gasteiger partial charge on any atom is 0.155 e. The third-order valence-corrected chi connectivity index (χ3v) is 3.16. The third kappa shape index (κ3) is 5.17. The molecule has 0 fully saturated rings. The fourth-order valence-corrected chi connectivity index (χ4v) is 1.58. The highest BCUT2D eigenvalue weighted by Gasteiger charge is 2.02. The number of allylic oxidation sites excluding steroid dienone is 1. The molecule has 1 atom stereocenters. The molecule has 0 N–H and O–H groups in total. The highest BCUT2D eigenvalue weighted by molar-refractivity contribution is 5.93. The monoisotopic (exact) mass is 246 g/mol. The first-order valence-electron chi connectivity index (χ1n) is 6.50. The van der Waals surface area contributed by atoms with E-state index < -0.39 is 0 Å². The minimum Gasteiger partial charge on any atom is -0.497 e. The molecule has 0 bridgehead atoms. The minimum absolute atomic E-state index is 0.200. The zero-order valence-corrected chi connectivity index (χ0v) is 11.5. The standard InChI is InChI=1S/C16H22O2/c1-4-13(2)5-9-15(17)10-6-14-7-11-16(18-3)12-8-14/h6-8,10-13H,4-5,9H2,1-3H3/b10-6+/t13-/m1/s1. The lowest BCUT2D eigenvalue weighted by molar-refractivity contribution is -0.114. The number of methoxy groups -OCH3 is 1. The second kappa shape index (κ2) is 7.70. The molecule has 0 aliphatic carbocycles. The smallest absolute Gasteiger partial charge is 0.155 e. The van der Waals surface area contributed by atoms with Crippen LogP contribution in [0.4, 0.5) is 0 Å². The van der Waals surface area contributed by atoms with Crippen LogP contribution in [0.25, 0.3) is 6.08 Å². The second-order valence-electron chi connectivity index (χ2n) is 4.62. The van der Waals surface area contributed by atoms with E-state index in [1.54, 1.807) is 13.2 Å². The first-order chi connectivity index (χ1) is 8.65. The van der Waals surface area contributed by atoms with Crippen LogP contribution in [0.3, 0.4) is 0 Å². The van der Waals surface area contributed by atoms with E-state index in [0.29, 0.717) is 12.3 Å². The molecule has 0 aromatic heterocycles. The van der Waals surface area contributed by atoms with Crippen LogP contribution in [0.2, 0.25) is 0 Å². The third-order valence-electron chi connectivity index (χ3n) is 3.16. The fourth-order valence-electron chi connectivity index (χ4n) is 1.58. The van der Waals surface area contributed by atoms with Crippen molar-refractivity contribution in [2.45, 2.75) is 33.1 Å². The van der Waals surface area contributed by atoms with Crippen LogP contribution >= 0.6 is 0 Å². The molecule has 0 saturated carbocycles. The first kappa shape index (κ1) is 14.5. The number of benzene rings is 1. The van der Waals surface area contributed by atoms with E-state index in [1.165, 1.54) is 0 Å². The summed E-state index contributed by atoms with van der Waals surface area (Å²) >= 11 is 0. The Morgan fingerprint density at radius 1 is 1.33 bits per heavy atom. The van der Waals surface area contributed by atoms with E-state index in [1.807, 2.05) is 30.3 Å². The summed E-state index contributed by atoms with van der Waals surface area (Å²) in [6, 6.07) is 7.67. The molecule has 2 heteroatoms. The molecule has 1 aromatic carbocycles. The van der Waals surface area contributed by atoms with Gasteiger partial charge in [-0.25, -0.2) is 0 Å². The molecule has 2 nitrogen and oxygen atoms in total. The van der Waals surface area contributed by atoms with Crippen molar-refractivity contribution in [3.63, 3.8) is 0 Å². The normalized spacial score (nSPS) is 12.6. The largest absolute Gasteiger partial charge is 0.497 e. The predicted molar refractivity (Wildman–Crippen MR) is 75.7 cm³/mol. The van der Waals surface area contributed by atoms with Gasteiger partial charge in [-0.2, -0.15) is 0 Å². The van der Waals surface area contributed by atoms with E-state index in [4.69, 9.17) is 4.74 Å². The molecule has 0 aliphatic rings. The average molecular weight is 246 g/mol. The highest BCUT2D eigenvalue weighted by atomic mass is 16.5. The van der Waals surface area contributed by atoms with E-state index in [0.717, 1.165) is 24.2 Å². The van der Waals surface area contributed by atoms with Gasteiger partial charge in [0.2, 0.25) is 0 Å². The van der Waals surface area contributed by atoms with Gasteiger partial charge >= 0.3 is 0 Å². The maximum atomic E-state index is 11.6. The molecule has 0 amide bonds. The molecule has 0 heterocycles. The van der Waals surface area contributed by atoms with Crippen molar-refractivity contribution >= 4 is 11.9 Å². The molecule has 98 valence electrons. The van der Waals surface area contributed by atoms with Gasteiger partial charge in [0.1, 0.15) is 5.75 Å². The van der Waals surface area contributed by atoms with Gasteiger partial charge in [0.25, 0.3) is 0 Å². The van der Waals surface area contributed by atoms with Crippen molar-refractivity contribution in [2.24, 2.45) is 5.92 Å². The van der Waals surface area contributed by atoms with Crippen LogP contribution in [-0.2, 0) is 4.79 Å². The lowest BCUT2D eigenvalue weighted by Gasteiger charge is -2.05. The quantitative estimate of drug-likeness (QED) is 0.677. The van der Waals surface area contributed by atoms with Gasteiger partial charge in [0.15, 0.2) is 5.78 Å². The Morgan fingerprint density at radius 2 is 2.00 bits per heavy atom. The number of hydrogen-bond acceptors (Lipinski definition) is 2. The molecule has 0 unspecified atom stereocenters. The molecule has 0 aliphatic heterocycles. The highest BCUT2D eigenvalue weighted by Crippen LogP contribution is 2.13. The van der Waals surface area contributed by atoms with Gasteiger partial charge in [-0.3, -0.25) is 4.79 Å².